The number of alkyl halides is 3. The van der Waals surface area contributed by atoms with Crippen LogP contribution in [0.25, 0.3) is 11.4 Å². The van der Waals surface area contributed by atoms with Crippen LogP contribution in [0, 0.1) is 0 Å². The summed E-state index contributed by atoms with van der Waals surface area (Å²) in [5.74, 6) is 1.05. The van der Waals surface area contributed by atoms with Crippen molar-refractivity contribution >= 4 is 5.91 Å². The van der Waals surface area contributed by atoms with Crippen LogP contribution in [-0.4, -0.2) is 45.9 Å². The van der Waals surface area contributed by atoms with Gasteiger partial charge in [0.15, 0.2) is 11.5 Å². The second kappa shape index (κ2) is 8.62. The maximum atomic E-state index is 12.9. The zero-order valence-electron chi connectivity index (χ0n) is 16.2. The summed E-state index contributed by atoms with van der Waals surface area (Å²) in [4.78, 5) is 13.2. The van der Waals surface area contributed by atoms with Crippen LogP contribution in [0.5, 0.6) is 11.5 Å². The number of nitrogens with one attached hydrogen (secondary N) is 1. The van der Waals surface area contributed by atoms with Crippen molar-refractivity contribution in [2.45, 2.75) is 19.1 Å². The number of carbonyl (C=O) groups excluding carboxylic acids is 1. The third-order valence-electron chi connectivity index (χ3n) is 4.53. The fourth-order valence-corrected chi connectivity index (χ4v) is 3.03. The van der Waals surface area contributed by atoms with Gasteiger partial charge in [0, 0.05) is 12.1 Å². The first-order valence-corrected chi connectivity index (χ1v) is 9.49. The molecule has 1 amide bonds. The molecular formula is C20H18F3N5O3. The summed E-state index contributed by atoms with van der Waals surface area (Å²) >= 11 is 0. The van der Waals surface area contributed by atoms with Gasteiger partial charge in [-0.1, -0.05) is 18.2 Å². The second-order valence-corrected chi connectivity index (χ2v) is 6.80. The molecule has 162 valence electrons. The quantitative estimate of drug-likeness (QED) is 0.642. The molecule has 11 heteroatoms. The topological polar surface area (TPSA) is 91.2 Å². The number of carbonyl (C=O) groups is 1. The number of ether oxygens (including phenoxy) is 2. The lowest BCUT2D eigenvalue weighted by Crippen LogP contribution is -2.30. The fraction of sp³-hybridized carbons (Fsp3) is 0.300. The van der Waals surface area contributed by atoms with Crippen LogP contribution in [0.2, 0.25) is 0 Å². The van der Waals surface area contributed by atoms with Gasteiger partial charge >= 0.3 is 6.18 Å². The minimum atomic E-state index is -4.47. The van der Waals surface area contributed by atoms with Crippen LogP contribution in [0.1, 0.15) is 11.1 Å². The molecule has 4 rings (SSSR count). The molecule has 31 heavy (non-hydrogen) atoms. The summed E-state index contributed by atoms with van der Waals surface area (Å²) in [6.07, 6.45) is -3.88. The summed E-state index contributed by atoms with van der Waals surface area (Å²) in [7, 11) is 0. The highest BCUT2D eigenvalue weighted by atomic mass is 19.4. The van der Waals surface area contributed by atoms with Gasteiger partial charge in [-0.05, 0) is 41.5 Å². The van der Waals surface area contributed by atoms with Crippen LogP contribution in [0.4, 0.5) is 13.2 Å². The molecule has 0 unspecified atom stereocenters. The third kappa shape index (κ3) is 5.11. The lowest BCUT2D eigenvalue weighted by molar-refractivity contribution is -0.137. The van der Waals surface area contributed by atoms with Crippen molar-refractivity contribution in [3.8, 4) is 22.9 Å². The average Bonchev–Trinajstić information content (AvgIpc) is 3.21. The number of tetrazole rings is 1. The first kappa shape index (κ1) is 20.6. The Hall–Kier alpha value is -3.63. The summed E-state index contributed by atoms with van der Waals surface area (Å²) in [5.41, 5.74) is 0.341. The van der Waals surface area contributed by atoms with E-state index in [2.05, 4.69) is 20.7 Å². The predicted octanol–water partition coefficient (Wildman–Crippen LogP) is 2.49. The van der Waals surface area contributed by atoms with E-state index in [1.807, 2.05) is 18.2 Å². The van der Waals surface area contributed by atoms with Gasteiger partial charge in [-0.3, -0.25) is 4.79 Å². The molecule has 0 atom stereocenters. The smallest absolute Gasteiger partial charge is 0.416 e. The number of benzene rings is 2. The SMILES string of the molecule is O=C(Cn1nnc(-c2cccc(C(F)(F)F)c2)n1)NCCc1ccc2c(c1)OCCO2. The third-order valence-corrected chi connectivity index (χ3v) is 4.53. The van der Waals surface area contributed by atoms with Crippen molar-refractivity contribution in [2.24, 2.45) is 0 Å². The number of nitrogens with zero attached hydrogens (tertiary/aromatic N) is 4. The van der Waals surface area contributed by atoms with Crippen molar-refractivity contribution in [1.29, 1.82) is 0 Å². The largest absolute Gasteiger partial charge is 0.486 e. The Balaban J connectivity index is 1.30. The van der Waals surface area contributed by atoms with Gasteiger partial charge in [0.05, 0.1) is 5.56 Å². The summed E-state index contributed by atoms with van der Waals surface area (Å²) in [5, 5.41) is 14.2. The van der Waals surface area contributed by atoms with Crippen molar-refractivity contribution in [3.05, 3.63) is 53.6 Å². The van der Waals surface area contributed by atoms with E-state index in [1.54, 1.807) is 0 Å². The normalized spacial score (nSPS) is 13.1. The van der Waals surface area contributed by atoms with E-state index < -0.39 is 11.7 Å². The molecule has 0 spiro atoms. The Bertz CT molecular complexity index is 1080. The first-order valence-electron chi connectivity index (χ1n) is 9.49. The van der Waals surface area contributed by atoms with Crippen molar-refractivity contribution in [3.63, 3.8) is 0 Å². The Morgan fingerprint density at radius 1 is 1.10 bits per heavy atom. The van der Waals surface area contributed by atoms with Crippen LogP contribution < -0.4 is 14.8 Å². The minimum absolute atomic E-state index is 0.00942. The van der Waals surface area contributed by atoms with Gasteiger partial charge in [0.1, 0.15) is 19.8 Å². The molecule has 2 heterocycles. The van der Waals surface area contributed by atoms with Gasteiger partial charge in [0.2, 0.25) is 11.7 Å². The highest BCUT2D eigenvalue weighted by Crippen LogP contribution is 2.32. The standard InChI is InChI=1S/C20H18F3N5O3/c21-20(22,23)15-3-1-2-14(11-15)19-25-27-28(26-19)12-18(29)24-7-6-13-4-5-16-17(10-13)31-9-8-30-16/h1-5,10-11H,6-9,12H2,(H,24,29). The number of halogens is 3. The molecule has 1 aliphatic heterocycles. The fourth-order valence-electron chi connectivity index (χ4n) is 3.03. The molecule has 0 aliphatic carbocycles. The Morgan fingerprint density at radius 2 is 1.90 bits per heavy atom. The summed E-state index contributed by atoms with van der Waals surface area (Å²) in [6.45, 7) is 1.20. The molecule has 2 aromatic carbocycles. The number of fused-ring (bicyclic) bond motifs is 1. The van der Waals surface area contributed by atoms with E-state index in [-0.39, 0.29) is 23.8 Å². The number of amides is 1. The molecule has 8 nitrogen and oxygen atoms in total. The van der Waals surface area contributed by atoms with Crippen molar-refractivity contribution in [2.75, 3.05) is 19.8 Å². The molecule has 1 N–H and O–H groups in total. The Morgan fingerprint density at radius 3 is 2.71 bits per heavy atom. The zero-order chi connectivity index (χ0) is 21.8. The Labute approximate surface area is 175 Å². The van der Waals surface area contributed by atoms with E-state index in [0.29, 0.717) is 37.7 Å². The zero-order valence-corrected chi connectivity index (χ0v) is 16.2. The van der Waals surface area contributed by atoms with Gasteiger partial charge in [0.25, 0.3) is 0 Å². The number of hydrogen-bond acceptors (Lipinski definition) is 6. The summed E-state index contributed by atoms with van der Waals surface area (Å²) < 4.78 is 49.6. The molecule has 0 saturated heterocycles. The number of rotatable bonds is 6. The van der Waals surface area contributed by atoms with Gasteiger partial charge in [-0.2, -0.15) is 18.0 Å². The molecule has 1 aromatic heterocycles. The van der Waals surface area contributed by atoms with E-state index in [0.717, 1.165) is 22.5 Å². The van der Waals surface area contributed by atoms with Crippen LogP contribution >= 0.6 is 0 Å². The molecule has 0 fully saturated rings. The van der Waals surface area contributed by atoms with Crippen molar-refractivity contribution in [1.82, 2.24) is 25.5 Å². The molecule has 0 saturated carbocycles. The maximum Gasteiger partial charge on any atom is 0.416 e. The molecular weight excluding hydrogens is 415 g/mol. The molecule has 1 aliphatic rings. The van der Waals surface area contributed by atoms with E-state index >= 15 is 0 Å². The number of hydrogen-bond donors (Lipinski definition) is 1. The number of aromatic nitrogens is 4. The van der Waals surface area contributed by atoms with E-state index in [1.165, 1.54) is 12.1 Å². The van der Waals surface area contributed by atoms with Crippen LogP contribution in [0.15, 0.2) is 42.5 Å². The molecule has 3 aromatic rings. The average molecular weight is 433 g/mol. The first-order chi connectivity index (χ1) is 14.9. The van der Waals surface area contributed by atoms with Crippen LogP contribution in [0.3, 0.4) is 0 Å². The minimum Gasteiger partial charge on any atom is -0.486 e. The highest BCUT2D eigenvalue weighted by molar-refractivity contribution is 5.75. The molecule has 0 bridgehead atoms. The second-order valence-electron chi connectivity index (χ2n) is 6.80. The monoisotopic (exact) mass is 433 g/mol. The lowest BCUT2D eigenvalue weighted by Gasteiger charge is -2.18. The maximum absolute atomic E-state index is 12.9. The van der Waals surface area contributed by atoms with E-state index in [9.17, 15) is 18.0 Å². The van der Waals surface area contributed by atoms with Gasteiger partial charge in [-0.15, -0.1) is 10.2 Å². The lowest BCUT2D eigenvalue weighted by atomic mass is 10.1. The Kier molecular flexibility index (Phi) is 5.74. The highest BCUT2D eigenvalue weighted by Gasteiger charge is 2.30. The van der Waals surface area contributed by atoms with Gasteiger partial charge in [-0.25, -0.2) is 0 Å². The van der Waals surface area contributed by atoms with Crippen molar-refractivity contribution < 1.29 is 27.4 Å². The van der Waals surface area contributed by atoms with E-state index in [4.69, 9.17) is 9.47 Å². The summed E-state index contributed by atoms with van der Waals surface area (Å²) in [6, 6.07) is 10.2. The van der Waals surface area contributed by atoms with Gasteiger partial charge < -0.3 is 14.8 Å². The van der Waals surface area contributed by atoms with Crippen LogP contribution in [-0.2, 0) is 23.9 Å². The predicted molar refractivity (Wildman–Crippen MR) is 102 cm³/mol. The molecule has 0 radical (unpaired) electrons.